The molecule has 2 rings (SSSR count). The Bertz CT molecular complexity index is 508. The zero-order chi connectivity index (χ0) is 13.5. The normalized spacial score (nSPS) is 10.2. The predicted molar refractivity (Wildman–Crippen MR) is 71.2 cm³/mol. The Hall–Kier alpha value is -2.41. The van der Waals surface area contributed by atoms with Gasteiger partial charge in [-0.05, 0) is 18.6 Å². The van der Waals surface area contributed by atoms with Crippen LogP contribution in [0.4, 0.5) is 5.69 Å². The highest BCUT2D eigenvalue weighted by Gasteiger charge is 2.05. The van der Waals surface area contributed by atoms with Gasteiger partial charge in [0.1, 0.15) is 5.69 Å². The molecule has 19 heavy (non-hydrogen) atoms. The number of anilines is 1. The first-order chi connectivity index (χ1) is 9.29. The number of hydrazine groups is 1. The molecule has 2 aromatic rings. The third-order valence-corrected chi connectivity index (χ3v) is 2.60. The first-order valence-corrected chi connectivity index (χ1v) is 5.96. The van der Waals surface area contributed by atoms with E-state index in [1.165, 1.54) is 6.20 Å². The van der Waals surface area contributed by atoms with Crippen molar-refractivity contribution in [3.8, 4) is 0 Å². The number of nitrogens with one attached hydrogen (secondary N) is 2. The highest BCUT2D eigenvalue weighted by atomic mass is 16.1. The van der Waals surface area contributed by atoms with E-state index in [4.69, 9.17) is 5.84 Å². The van der Waals surface area contributed by atoms with Crippen LogP contribution in [0.3, 0.4) is 0 Å². The summed E-state index contributed by atoms with van der Waals surface area (Å²) in [6.45, 7) is 1.42. The molecule has 0 bridgehead atoms. The van der Waals surface area contributed by atoms with Gasteiger partial charge in [-0.25, -0.2) is 9.97 Å². The van der Waals surface area contributed by atoms with Crippen LogP contribution in [0.15, 0.2) is 37.1 Å². The van der Waals surface area contributed by atoms with Crippen LogP contribution in [0.1, 0.15) is 16.9 Å². The van der Waals surface area contributed by atoms with Gasteiger partial charge in [-0.3, -0.25) is 10.6 Å². The lowest BCUT2D eigenvalue weighted by molar-refractivity contribution is 0.0948. The monoisotopic (exact) mass is 260 g/mol. The van der Waals surface area contributed by atoms with E-state index in [9.17, 15) is 4.79 Å². The van der Waals surface area contributed by atoms with Gasteiger partial charge in [0.25, 0.3) is 5.91 Å². The van der Waals surface area contributed by atoms with Gasteiger partial charge >= 0.3 is 0 Å². The predicted octanol–water partition coefficient (Wildman–Crippen LogP) is 0.384. The van der Waals surface area contributed by atoms with Crippen LogP contribution in [0.2, 0.25) is 0 Å². The Morgan fingerprint density at radius 3 is 2.95 bits per heavy atom. The van der Waals surface area contributed by atoms with Gasteiger partial charge in [-0.2, -0.15) is 0 Å². The van der Waals surface area contributed by atoms with E-state index >= 15 is 0 Å². The summed E-state index contributed by atoms with van der Waals surface area (Å²) in [6.07, 6.45) is 7.73. The average molecular weight is 260 g/mol. The van der Waals surface area contributed by atoms with E-state index in [2.05, 4.69) is 20.7 Å². The molecule has 1 amide bonds. The number of hydrogen-bond acceptors (Lipinski definition) is 5. The molecule has 0 aliphatic carbocycles. The van der Waals surface area contributed by atoms with Crippen molar-refractivity contribution in [1.82, 2.24) is 19.9 Å². The number of amides is 1. The molecule has 0 saturated heterocycles. The minimum atomic E-state index is -0.186. The Balaban J connectivity index is 1.74. The number of hydrogen-bond donors (Lipinski definition) is 3. The zero-order valence-electron chi connectivity index (χ0n) is 10.4. The number of carbonyl (C=O) groups excluding carboxylic acids is 1. The van der Waals surface area contributed by atoms with E-state index in [-0.39, 0.29) is 5.91 Å². The summed E-state index contributed by atoms with van der Waals surface area (Å²) in [5.41, 5.74) is 3.50. The third-order valence-electron chi connectivity index (χ3n) is 2.60. The molecule has 4 N–H and O–H groups in total. The lowest BCUT2D eigenvalue weighted by Gasteiger charge is -2.06. The molecule has 0 saturated carbocycles. The Morgan fingerprint density at radius 1 is 1.42 bits per heavy atom. The summed E-state index contributed by atoms with van der Waals surface area (Å²) in [4.78, 5) is 19.7. The fourth-order valence-electron chi connectivity index (χ4n) is 1.59. The second kappa shape index (κ2) is 6.50. The van der Waals surface area contributed by atoms with E-state index in [1.54, 1.807) is 24.7 Å². The molecule has 100 valence electrons. The molecule has 2 heterocycles. The van der Waals surface area contributed by atoms with Gasteiger partial charge in [-0.1, -0.05) is 0 Å². The number of rotatable bonds is 6. The van der Waals surface area contributed by atoms with Crippen molar-refractivity contribution in [2.75, 3.05) is 12.0 Å². The molecule has 0 unspecified atom stereocenters. The number of imidazole rings is 1. The van der Waals surface area contributed by atoms with Crippen molar-refractivity contribution >= 4 is 11.6 Å². The van der Waals surface area contributed by atoms with Crippen LogP contribution in [0, 0.1) is 0 Å². The summed E-state index contributed by atoms with van der Waals surface area (Å²) in [7, 11) is 0. The number of pyridine rings is 1. The smallest absolute Gasteiger partial charge is 0.269 e. The van der Waals surface area contributed by atoms with Gasteiger partial charge in [-0.15, -0.1) is 0 Å². The van der Waals surface area contributed by atoms with Gasteiger partial charge in [0.05, 0.1) is 18.2 Å². The van der Waals surface area contributed by atoms with Crippen LogP contribution in [0.5, 0.6) is 0 Å². The molecular weight excluding hydrogens is 244 g/mol. The summed E-state index contributed by atoms with van der Waals surface area (Å²) in [5.74, 6) is 5.04. The van der Waals surface area contributed by atoms with Gasteiger partial charge in [0.15, 0.2) is 0 Å². The highest BCUT2D eigenvalue weighted by Crippen LogP contribution is 2.03. The van der Waals surface area contributed by atoms with Gasteiger partial charge in [0.2, 0.25) is 0 Å². The SMILES string of the molecule is NNc1ccc(C(=O)NCCCn2ccnc2)nc1. The summed E-state index contributed by atoms with van der Waals surface area (Å²) in [5, 5.41) is 2.81. The van der Waals surface area contributed by atoms with Crippen molar-refractivity contribution in [3.63, 3.8) is 0 Å². The van der Waals surface area contributed by atoms with Crippen molar-refractivity contribution < 1.29 is 4.79 Å². The largest absolute Gasteiger partial charge is 0.351 e. The van der Waals surface area contributed by atoms with Crippen LogP contribution in [-0.4, -0.2) is 27.0 Å². The van der Waals surface area contributed by atoms with Crippen LogP contribution >= 0.6 is 0 Å². The first kappa shape index (κ1) is 13.0. The fraction of sp³-hybridized carbons (Fsp3) is 0.250. The summed E-state index contributed by atoms with van der Waals surface area (Å²) in [6, 6.07) is 3.33. The van der Waals surface area contributed by atoms with Crippen LogP contribution in [0.25, 0.3) is 0 Å². The van der Waals surface area contributed by atoms with Crippen LogP contribution in [-0.2, 0) is 6.54 Å². The van der Waals surface area contributed by atoms with Gasteiger partial charge in [0, 0.05) is 25.5 Å². The molecule has 0 spiro atoms. The number of aryl methyl sites for hydroxylation is 1. The minimum Gasteiger partial charge on any atom is -0.351 e. The van der Waals surface area contributed by atoms with E-state index in [1.807, 2.05) is 10.8 Å². The number of nitrogens with zero attached hydrogens (tertiary/aromatic N) is 3. The van der Waals surface area contributed by atoms with E-state index < -0.39 is 0 Å². The molecule has 7 nitrogen and oxygen atoms in total. The Kier molecular flexibility index (Phi) is 4.46. The molecule has 7 heteroatoms. The van der Waals surface area contributed by atoms with Gasteiger partial charge < -0.3 is 15.3 Å². The molecule has 0 aliphatic heterocycles. The van der Waals surface area contributed by atoms with Crippen molar-refractivity contribution in [2.24, 2.45) is 5.84 Å². The fourth-order valence-corrected chi connectivity index (χ4v) is 1.59. The quantitative estimate of drug-likeness (QED) is 0.396. The second-order valence-corrected chi connectivity index (χ2v) is 3.99. The molecule has 0 aromatic carbocycles. The molecule has 0 fully saturated rings. The Morgan fingerprint density at radius 2 is 2.32 bits per heavy atom. The standard InChI is InChI=1S/C12H16N6O/c13-17-10-2-3-11(16-8-10)12(19)15-4-1-6-18-7-5-14-9-18/h2-3,5,7-9,17H,1,4,6,13H2,(H,15,19). The lowest BCUT2D eigenvalue weighted by atomic mass is 10.3. The van der Waals surface area contributed by atoms with Crippen LogP contribution < -0.4 is 16.6 Å². The molecule has 0 aliphatic rings. The van der Waals surface area contributed by atoms with E-state index in [0.717, 1.165) is 13.0 Å². The number of carbonyl (C=O) groups is 1. The minimum absolute atomic E-state index is 0.186. The van der Waals surface area contributed by atoms with Crippen molar-refractivity contribution in [1.29, 1.82) is 0 Å². The molecule has 0 radical (unpaired) electrons. The topological polar surface area (TPSA) is 97.9 Å². The summed E-state index contributed by atoms with van der Waals surface area (Å²) >= 11 is 0. The maximum absolute atomic E-state index is 11.8. The summed E-state index contributed by atoms with van der Waals surface area (Å²) < 4.78 is 1.96. The molecular formula is C12H16N6O. The highest BCUT2D eigenvalue weighted by molar-refractivity contribution is 5.92. The number of nitrogen functional groups attached to an aromatic ring is 1. The second-order valence-electron chi connectivity index (χ2n) is 3.99. The Labute approximate surface area is 110 Å². The number of nitrogens with two attached hydrogens (primary N) is 1. The van der Waals surface area contributed by atoms with Crippen molar-refractivity contribution in [2.45, 2.75) is 13.0 Å². The average Bonchev–Trinajstić information content (AvgIpc) is 2.96. The number of aromatic nitrogens is 3. The molecule has 2 aromatic heterocycles. The van der Waals surface area contributed by atoms with Crippen molar-refractivity contribution in [3.05, 3.63) is 42.7 Å². The zero-order valence-corrected chi connectivity index (χ0v) is 10.4. The molecule has 0 atom stereocenters. The lowest BCUT2D eigenvalue weighted by Crippen LogP contribution is -2.26. The maximum atomic E-state index is 11.8. The first-order valence-electron chi connectivity index (χ1n) is 5.96. The third kappa shape index (κ3) is 3.78. The maximum Gasteiger partial charge on any atom is 0.269 e. The van der Waals surface area contributed by atoms with E-state index in [0.29, 0.717) is 17.9 Å².